The van der Waals surface area contributed by atoms with E-state index in [2.05, 4.69) is 0 Å². The van der Waals surface area contributed by atoms with Gasteiger partial charge in [-0.05, 0) is 17.7 Å². The van der Waals surface area contributed by atoms with Crippen molar-refractivity contribution in [2.75, 3.05) is 19.5 Å². The van der Waals surface area contributed by atoms with Crippen molar-refractivity contribution >= 4 is 5.69 Å². The van der Waals surface area contributed by atoms with Crippen molar-refractivity contribution in [3.05, 3.63) is 29.3 Å². The summed E-state index contributed by atoms with van der Waals surface area (Å²) in [4.78, 5) is 0. The highest BCUT2D eigenvalue weighted by atomic mass is 19.4. The molecule has 1 unspecified atom stereocenters. The Morgan fingerprint density at radius 1 is 1.38 bits per heavy atom. The predicted molar refractivity (Wildman–Crippen MR) is 54.7 cm³/mol. The Morgan fingerprint density at radius 2 is 2.00 bits per heavy atom. The van der Waals surface area contributed by atoms with Crippen molar-refractivity contribution in [1.29, 1.82) is 0 Å². The Bertz CT molecular complexity index is 366. The van der Waals surface area contributed by atoms with Gasteiger partial charge >= 0.3 is 6.18 Å². The smallest absolute Gasteiger partial charge is 0.398 e. The normalized spacial score (nSPS) is 13.8. The standard InChI is InChI=1S/C10H13F3N2O/c1-16-5-9(15)7-3-2-6(4-8(7)14)10(11,12)13/h2-4,9H,5,14-15H2,1H3. The first kappa shape index (κ1) is 12.8. The number of halogens is 3. The molecular weight excluding hydrogens is 221 g/mol. The third kappa shape index (κ3) is 2.86. The summed E-state index contributed by atoms with van der Waals surface area (Å²) in [6.45, 7) is 0.204. The minimum absolute atomic E-state index is 0.0272. The van der Waals surface area contributed by atoms with E-state index in [0.29, 0.717) is 5.56 Å². The van der Waals surface area contributed by atoms with Crippen LogP contribution in [-0.2, 0) is 10.9 Å². The predicted octanol–water partition coefficient (Wildman–Crippen LogP) is 1.93. The van der Waals surface area contributed by atoms with Gasteiger partial charge in [-0.15, -0.1) is 0 Å². The summed E-state index contributed by atoms with van der Waals surface area (Å²) in [6.07, 6.45) is -4.39. The van der Waals surface area contributed by atoms with E-state index in [9.17, 15) is 13.2 Å². The van der Waals surface area contributed by atoms with Gasteiger partial charge in [0.15, 0.2) is 0 Å². The molecule has 4 N–H and O–H groups in total. The third-order valence-corrected chi connectivity index (χ3v) is 2.16. The maximum absolute atomic E-state index is 12.3. The van der Waals surface area contributed by atoms with Gasteiger partial charge in [0.1, 0.15) is 0 Å². The molecule has 0 aliphatic heterocycles. The van der Waals surface area contributed by atoms with Crippen LogP contribution in [-0.4, -0.2) is 13.7 Å². The summed E-state index contributed by atoms with van der Waals surface area (Å²) in [5.41, 5.74) is 10.9. The van der Waals surface area contributed by atoms with Gasteiger partial charge in [-0.3, -0.25) is 0 Å². The highest BCUT2D eigenvalue weighted by Crippen LogP contribution is 2.32. The molecule has 0 saturated carbocycles. The molecular formula is C10H13F3N2O. The second kappa shape index (κ2) is 4.71. The number of hydrogen-bond acceptors (Lipinski definition) is 3. The Morgan fingerprint density at radius 3 is 2.44 bits per heavy atom. The van der Waals surface area contributed by atoms with E-state index in [4.69, 9.17) is 16.2 Å². The van der Waals surface area contributed by atoms with Crippen molar-refractivity contribution in [3.63, 3.8) is 0 Å². The molecule has 6 heteroatoms. The lowest BCUT2D eigenvalue weighted by molar-refractivity contribution is -0.137. The van der Waals surface area contributed by atoms with Gasteiger partial charge in [0.25, 0.3) is 0 Å². The van der Waals surface area contributed by atoms with E-state index in [0.717, 1.165) is 12.1 Å². The summed E-state index contributed by atoms with van der Waals surface area (Å²) in [5.74, 6) is 0. The van der Waals surface area contributed by atoms with Crippen LogP contribution in [0.3, 0.4) is 0 Å². The lowest BCUT2D eigenvalue weighted by atomic mass is 10.0. The van der Waals surface area contributed by atoms with E-state index in [1.807, 2.05) is 0 Å². The molecule has 16 heavy (non-hydrogen) atoms. The maximum atomic E-state index is 12.3. The molecule has 0 fully saturated rings. The van der Waals surface area contributed by atoms with Gasteiger partial charge in [-0.2, -0.15) is 13.2 Å². The SMILES string of the molecule is COCC(N)c1ccc(C(F)(F)F)cc1N. The van der Waals surface area contributed by atoms with Crippen LogP contribution in [0.25, 0.3) is 0 Å². The Kier molecular flexibility index (Phi) is 3.77. The third-order valence-electron chi connectivity index (χ3n) is 2.16. The molecule has 0 heterocycles. The first-order chi connectivity index (χ1) is 7.36. The number of ether oxygens (including phenoxy) is 1. The molecule has 0 radical (unpaired) electrons. The van der Waals surface area contributed by atoms with Crippen LogP contribution in [0.15, 0.2) is 18.2 Å². The number of nitrogen functional groups attached to an aromatic ring is 1. The maximum Gasteiger partial charge on any atom is 0.416 e. The summed E-state index contributed by atoms with van der Waals surface area (Å²) >= 11 is 0. The first-order valence-corrected chi connectivity index (χ1v) is 4.57. The fraction of sp³-hybridized carbons (Fsp3) is 0.400. The van der Waals surface area contributed by atoms with Crippen molar-refractivity contribution in [2.24, 2.45) is 5.73 Å². The fourth-order valence-corrected chi connectivity index (χ4v) is 1.36. The van der Waals surface area contributed by atoms with Crippen LogP contribution in [0.5, 0.6) is 0 Å². The Labute approximate surface area is 91.2 Å². The summed E-state index contributed by atoms with van der Waals surface area (Å²) in [6, 6.07) is 2.60. The summed E-state index contributed by atoms with van der Waals surface area (Å²) < 4.78 is 41.8. The molecule has 90 valence electrons. The minimum atomic E-state index is -4.39. The lowest BCUT2D eigenvalue weighted by Crippen LogP contribution is -2.18. The molecule has 0 aliphatic carbocycles. The highest BCUT2D eigenvalue weighted by Gasteiger charge is 2.31. The van der Waals surface area contributed by atoms with Crippen molar-refractivity contribution in [3.8, 4) is 0 Å². The van der Waals surface area contributed by atoms with E-state index in [1.54, 1.807) is 0 Å². The lowest BCUT2D eigenvalue weighted by Gasteiger charge is -2.15. The minimum Gasteiger partial charge on any atom is -0.398 e. The van der Waals surface area contributed by atoms with Gasteiger partial charge < -0.3 is 16.2 Å². The molecule has 0 spiro atoms. The molecule has 0 aliphatic rings. The molecule has 1 aromatic rings. The molecule has 1 rings (SSSR count). The largest absolute Gasteiger partial charge is 0.416 e. The zero-order chi connectivity index (χ0) is 12.3. The average Bonchev–Trinajstić information content (AvgIpc) is 2.16. The van der Waals surface area contributed by atoms with E-state index < -0.39 is 17.8 Å². The number of methoxy groups -OCH3 is 1. The zero-order valence-electron chi connectivity index (χ0n) is 8.71. The molecule has 0 saturated heterocycles. The molecule has 0 aromatic heterocycles. The van der Waals surface area contributed by atoms with Gasteiger partial charge in [-0.1, -0.05) is 6.07 Å². The Hall–Kier alpha value is -1.27. The second-order valence-electron chi connectivity index (χ2n) is 3.40. The number of alkyl halides is 3. The summed E-state index contributed by atoms with van der Waals surface area (Å²) in [7, 11) is 1.46. The van der Waals surface area contributed by atoms with Crippen molar-refractivity contribution < 1.29 is 17.9 Å². The highest BCUT2D eigenvalue weighted by molar-refractivity contribution is 5.51. The number of anilines is 1. The van der Waals surface area contributed by atoms with Gasteiger partial charge in [0.05, 0.1) is 18.2 Å². The summed E-state index contributed by atoms with van der Waals surface area (Å²) in [5, 5.41) is 0. The molecule has 3 nitrogen and oxygen atoms in total. The Balaban J connectivity index is 3.00. The molecule has 0 amide bonds. The number of hydrogen-bond donors (Lipinski definition) is 2. The van der Waals surface area contributed by atoms with E-state index in [-0.39, 0.29) is 12.3 Å². The fourth-order valence-electron chi connectivity index (χ4n) is 1.36. The first-order valence-electron chi connectivity index (χ1n) is 4.57. The van der Waals surface area contributed by atoms with Gasteiger partial charge in [-0.25, -0.2) is 0 Å². The van der Waals surface area contributed by atoms with Crippen LogP contribution < -0.4 is 11.5 Å². The van der Waals surface area contributed by atoms with Crippen LogP contribution >= 0.6 is 0 Å². The second-order valence-corrected chi connectivity index (χ2v) is 3.40. The topological polar surface area (TPSA) is 61.3 Å². The van der Waals surface area contributed by atoms with Crippen LogP contribution in [0.2, 0.25) is 0 Å². The number of rotatable bonds is 3. The van der Waals surface area contributed by atoms with Gasteiger partial charge in [0.2, 0.25) is 0 Å². The molecule has 0 bridgehead atoms. The average molecular weight is 234 g/mol. The monoisotopic (exact) mass is 234 g/mol. The van der Waals surface area contributed by atoms with E-state index in [1.165, 1.54) is 13.2 Å². The number of nitrogens with two attached hydrogens (primary N) is 2. The number of benzene rings is 1. The quantitative estimate of drug-likeness (QED) is 0.785. The van der Waals surface area contributed by atoms with Gasteiger partial charge in [0, 0.05) is 12.8 Å². The van der Waals surface area contributed by atoms with Crippen molar-refractivity contribution in [2.45, 2.75) is 12.2 Å². The van der Waals surface area contributed by atoms with Crippen LogP contribution in [0.1, 0.15) is 17.2 Å². The molecule has 1 atom stereocenters. The van der Waals surface area contributed by atoms with Crippen LogP contribution in [0.4, 0.5) is 18.9 Å². The molecule has 1 aromatic carbocycles. The van der Waals surface area contributed by atoms with E-state index >= 15 is 0 Å². The zero-order valence-corrected chi connectivity index (χ0v) is 8.71. The van der Waals surface area contributed by atoms with Crippen molar-refractivity contribution in [1.82, 2.24) is 0 Å². The van der Waals surface area contributed by atoms with Crippen LogP contribution in [0, 0.1) is 0 Å².